The fraction of sp³-hybridized carbons (Fsp3) is 0.300. The van der Waals surface area contributed by atoms with E-state index in [-0.39, 0.29) is 41.8 Å². The summed E-state index contributed by atoms with van der Waals surface area (Å²) in [6, 6.07) is 2.45. The summed E-state index contributed by atoms with van der Waals surface area (Å²) in [4.78, 5) is 16.1. The number of rotatable bonds is 5. The maximum Gasteiger partial charge on any atom is 0.337 e. The van der Waals surface area contributed by atoms with Crippen molar-refractivity contribution in [2.75, 3.05) is 0 Å². The highest BCUT2D eigenvalue weighted by atomic mass is 79.9. The van der Waals surface area contributed by atoms with Gasteiger partial charge in [-0.15, -0.1) is 0 Å². The van der Waals surface area contributed by atoms with Crippen molar-refractivity contribution in [2.24, 2.45) is 5.41 Å². The Balaban J connectivity index is 2.14. The van der Waals surface area contributed by atoms with Gasteiger partial charge < -0.3 is 9.67 Å². The Bertz CT molecular complexity index is 1200. The Labute approximate surface area is 175 Å². The molecule has 158 valence electrons. The summed E-state index contributed by atoms with van der Waals surface area (Å²) in [5, 5.41) is 9.72. The highest BCUT2D eigenvalue weighted by molar-refractivity contribution is 9.10. The largest absolute Gasteiger partial charge is 0.478 e. The molecule has 1 heterocycles. The Morgan fingerprint density at radius 2 is 1.97 bits per heavy atom. The number of aromatic nitrogens is 2. The van der Waals surface area contributed by atoms with Gasteiger partial charge in [0, 0.05) is 23.1 Å². The molecule has 4 nitrogen and oxygen atoms in total. The Kier molecular flexibility index (Phi) is 4.87. The number of benzene rings is 2. The third-order valence-corrected chi connectivity index (χ3v) is 6.25. The molecular weight excluding hydrogens is 475 g/mol. The second-order valence-electron chi connectivity index (χ2n) is 7.41. The molecule has 1 aliphatic carbocycles. The first-order valence-corrected chi connectivity index (χ1v) is 9.71. The molecule has 1 fully saturated rings. The van der Waals surface area contributed by atoms with Crippen LogP contribution in [-0.4, -0.2) is 27.1 Å². The van der Waals surface area contributed by atoms with E-state index in [1.165, 1.54) is 11.5 Å². The van der Waals surface area contributed by atoms with Crippen LogP contribution in [0, 0.1) is 29.8 Å². The van der Waals surface area contributed by atoms with Crippen LogP contribution in [0.4, 0.5) is 22.0 Å². The summed E-state index contributed by atoms with van der Waals surface area (Å²) in [6.07, 6.45) is -2.18. The second kappa shape index (κ2) is 7.04. The maximum absolute atomic E-state index is 15.0. The van der Waals surface area contributed by atoms with Gasteiger partial charge >= 0.3 is 5.97 Å². The minimum atomic E-state index is -2.65. The molecule has 10 heteroatoms. The summed E-state index contributed by atoms with van der Waals surface area (Å²) in [7, 11) is 0. The molecular formula is C20H14BrF5N2O2. The van der Waals surface area contributed by atoms with Crippen molar-refractivity contribution in [3.63, 3.8) is 0 Å². The zero-order valence-electron chi connectivity index (χ0n) is 15.4. The molecule has 30 heavy (non-hydrogen) atoms. The average molecular weight is 489 g/mol. The van der Waals surface area contributed by atoms with Crippen molar-refractivity contribution >= 4 is 32.9 Å². The van der Waals surface area contributed by atoms with Crippen LogP contribution in [0.1, 0.15) is 29.0 Å². The molecule has 0 spiro atoms. The molecule has 0 unspecified atom stereocenters. The second-order valence-corrected chi connectivity index (χ2v) is 8.21. The van der Waals surface area contributed by atoms with Crippen LogP contribution in [0.5, 0.6) is 0 Å². The Hall–Kier alpha value is -2.49. The van der Waals surface area contributed by atoms with E-state index in [0.717, 1.165) is 18.2 Å². The van der Waals surface area contributed by atoms with Gasteiger partial charge in [0.25, 0.3) is 0 Å². The van der Waals surface area contributed by atoms with E-state index in [4.69, 9.17) is 0 Å². The van der Waals surface area contributed by atoms with Gasteiger partial charge in [0.05, 0.1) is 15.6 Å². The van der Waals surface area contributed by atoms with Crippen molar-refractivity contribution in [1.82, 2.24) is 9.55 Å². The lowest BCUT2D eigenvalue weighted by Crippen LogP contribution is -2.21. The number of aryl methyl sites for hydroxylation is 1. The highest BCUT2D eigenvalue weighted by Gasteiger charge is 2.51. The number of carboxylic acids is 1. The molecule has 0 radical (unpaired) electrons. The minimum absolute atomic E-state index is 0.156. The van der Waals surface area contributed by atoms with E-state index in [9.17, 15) is 31.9 Å². The van der Waals surface area contributed by atoms with E-state index in [2.05, 4.69) is 20.9 Å². The molecule has 0 saturated heterocycles. The zero-order chi connectivity index (χ0) is 22.0. The van der Waals surface area contributed by atoms with Crippen LogP contribution in [0.25, 0.3) is 22.2 Å². The van der Waals surface area contributed by atoms with Crippen LogP contribution in [0.2, 0.25) is 0 Å². The smallest absolute Gasteiger partial charge is 0.337 e. The molecule has 0 bridgehead atoms. The molecule has 1 aliphatic rings. The molecule has 1 aromatic heterocycles. The van der Waals surface area contributed by atoms with Crippen molar-refractivity contribution in [3.8, 4) is 11.1 Å². The third-order valence-electron chi connectivity index (χ3n) is 5.51. The van der Waals surface area contributed by atoms with E-state index >= 15 is 0 Å². The van der Waals surface area contributed by atoms with Crippen LogP contribution < -0.4 is 0 Å². The van der Waals surface area contributed by atoms with Gasteiger partial charge in [-0.2, -0.15) is 0 Å². The van der Waals surface area contributed by atoms with Gasteiger partial charge in [-0.05, 0) is 53.9 Å². The quantitative estimate of drug-likeness (QED) is 0.452. The minimum Gasteiger partial charge on any atom is -0.478 e. The lowest BCUT2D eigenvalue weighted by Gasteiger charge is -2.19. The number of imidazole rings is 1. The van der Waals surface area contributed by atoms with Gasteiger partial charge in [-0.25, -0.2) is 31.7 Å². The van der Waals surface area contributed by atoms with E-state index in [0.29, 0.717) is 0 Å². The molecule has 2 aromatic carbocycles. The predicted molar refractivity (Wildman–Crippen MR) is 102 cm³/mol. The lowest BCUT2D eigenvalue weighted by molar-refractivity contribution is 0.0515. The molecule has 4 rings (SSSR count). The number of nitrogens with zero attached hydrogens (tertiary/aromatic N) is 2. The van der Waals surface area contributed by atoms with E-state index < -0.39 is 50.9 Å². The number of carbonyl (C=O) groups is 1. The molecule has 0 aliphatic heterocycles. The summed E-state index contributed by atoms with van der Waals surface area (Å²) >= 11 is 2.88. The van der Waals surface area contributed by atoms with Crippen molar-refractivity contribution in [3.05, 3.63) is 51.5 Å². The van der Waals surface area contributed by atoms with Crippen LogP contribution in [0.15, 0.2) is 22.7 Å². The number of hydrogen-bond acceptors (Lipinski definition) is 2. The first-order chi connectivity index (χ1) is 14.1. The average Bonchev–Trinajstić information content (AvgIpc) is 3.39. The van der Waals surface area contributed by atoms with Gasteiger partial charge in [0.15, 0.2) is 5.82 Å². The number of hydrogen-bond donors (Lipinski definition) is 1. The molecule has 1 N–H and O–H groups in total. The summed E-state index contributed by atoms with van der Waals surface area (Å²) in [5.41, 5.74) is -3.22. The molecule has 1 saturated carbocycles. The van der Waals surface area contributed by atoms with Crippen LogP contribution in [0.3, 0.4) is 0 Å². The maximum atomic E-state index is 15.0. The Morgan fingerprint density at radius 3 is 2.53 bits per heavy atom. The molecule has 0 amide bonds. The normalized spacial score (nSPS) is 15.2. The first-order valence-electron chi connectivity index (χ1n) is 8.92. The number of alkyl halides is 2. The van der Waals surface area contributed by atoms with Gasteiger partial charge in [0.2, 0.25) is 6.43 Å². The lowest BCUT2D eigenvalue weighted by atomic mass is 9.96. The van der Waals surface area contributed by atoms with Crippen LogP contribution >= 0.6 is 15.9 Å². The predicted octanol–water partition coefficient (Wildman–Crippen LogP) is 5.94. The number of fused-ring (bicyclic) bond motifs is 1. The monoisotopic (exact) mass is 488 g/mol. The third kappa shape index (κ3) is 3.08. The summed E-state index contributed by atoms with van der Waals surface area (Å²) in [6.45, 7) is 1.21. The van der Waals surface area contributed by atoms with Gasteiger partial charge in [-0.1, -0.05) is 0 Å². The molecule has 0 atom stereocenters. The van der Waals surface area contributed by atoms with Crippen molar-refractivity contribution in [2.45, 2.75) is 32.7 Å². The topological polar surface area (TPSA) is 55.1 Å². The van der Waals surface area contributed by atoms with E-state index in [1.54, 1.807) is 0 Å². The Morgan fingerprint density at radius 1 is 1.30 bits per heavy atom. The summed E-state index contributed by atoms with van der Waals surface area (Å²) < 4.78 is 71.5. The van der Waals surface area contributed by atoms with Crippen molar-refractivity contribution < 1.29 is 31.9 Å². The fourth-order valence-corrected chi connectivity index (χ4v) is 4.23. The van der Waals surface area contributed by atoms with Crippen molar-refractivity contribution in [1.29, 1.82) is 0 Å². The van der Waals surface area contributed by atoms with Gasteiger partial charge in [0.1, 0.15) is 23.0 Å². The number of halogens is 6. The van der Waals surface area contributed by atoms with Crippen LogP contribution in [-0.2, 0) is 6.54 Å². The first kappa shape index (κ1) is 20.8. The molecule has 3 aromatic rings. The highest BCUT2D eigenvalue weighted by Crippen LogP contribution is 2.53. The zero-order valence-corrected chi connectivity index (χ0v) is 17.0. The van der Waals surface area contributed by atoms with Gasteiger partial charge in [-0.3, -0.25) is 0 Å². The number of carboxylic acid groups (broad SMARTS) is 1. The summed E-state index contributed by atoms with van der Waals surface area (Å²) in [5.74, 6) is -4.25. The SMILES string of the molecule is Cc1nc2c(F)c(Br)c(C(=O)O)c(-c3cc(F)ccc3F)c2n1CC1(C(F)F)CC1. The standard InChI is InChI=1S/C20H14BrF5N2O2/c1-8-27-16-15(24)14(21)13(18(29)30)12(10-6-9(22)2-3-11(10)23)17(16)28(8)7-20(4-5-20)19(25)26/h2-3,6,19H,4-5,7H2,1H3,(H,29,30). The number of aromatic carboxylic acids is 1. The fourth-order valence-electron chi connectivity index (χ4n) is 3.68. The van der Waals surface area contributed by atoms with E-state index in [1.807, 2.05) is 0 Å².